The predicted molar refractivity (Wildman–Crippen MR) is 39.6 cm³/mol. The second-order valence-electron chi connectivity index (χ2n) is 1.18. The van der Waals surface area contributed by atoms with Crippen molar-refractivity contribution in [1.29, 1.82) is 0 Å². The third kappa shape index (κ3) is 2.88. The van der Waals surface area contributed by atoms with Crippen LogP contribution in [0.15, 0.2) is 9.40 Å². The van der Waals surface area contributed by atoms with Crippen LogP contribution in [0.2, 0.25) is 0 Å². The molecule has 0 heterocycles. The number of hydrogen-bond donors (Lipinski definition) is 0. The fraction of sp³-hybridized carbons (Fsp3) is 0. The Morgan fingerprint density at radius 3 is 1.80 bits per heavy atom. The van der Waals surface area contributed by atoms with Gasteiger partial charge in [-0.1, -0.05) is 23.2 Å². The molecule has 0 amide bonds. The van der Waals surface area contributed by atoms with E-state index in [0.29, 0.717) is 0 Å². The summed E-state index contributed by atoms with van der Waals surface area (Å²) in [6, 6.07) is 0. The van der Waals surface area contributed by atoms with Crippen LogP contribution in [0.25, 0.3) is 0 Å². The Labute approximate surface area is 72.0 Å². The third-order valence-electron chi connectivity index (χ3n) is 0.505. The lowest BCUT2D eigenvalue weighted by molar-refractivity contribution is -0.104. The summed E-state index contributed by atoms with van der Waals surface area (Å²) in [6.45, 7) is 0. The second kappa shape index (κ2) is 3.57. The van der Waals surface area contributed by atoms with Crippen molar-refractivity contribution in [2.45, 2.75) is 0 Å². The highest BCUT2D eigenvalue weighted by atomic mass is 35.7. The average molecular weight is 223 g/mol. The van der Waals surface area contributed by atoms with Crippen LogP contribution in [0.3, 0.4) is 0 Å². The predicted octanol–water partition coefficient (Wildman–Crippen LogP) is 1.40. The van der Waals surface area contributed by atoms with E-state index in [4.69, 9.17) is 33.9 Å². The molecular weight excluding hydrogens is 222 g/mol. The number of rotatable bonds is 2. The van der Waals surface area contributed by atoms with Gasteiger partial charge in [0.2, 0.25) is 0 Å². The van der Waals surface area contributed by atoms with Crippen LogP contribution < -0.4 is 0 Å². The summed E-state index contributed by atoms with van der Waals surface area (Å²) in [7, 11) is 0.636. The number of allylic oxidation sites excluding steroid dienone is 1. The monoisotopic (exact) mass is 222 g/mol. The summed E-state index contributed by atoms with van der Waals surface area (Å²) in [5, 5.41) is -0.628. The topological polar surface area (TPSA) is 51.2 Å². The smallest absolute Gasteiger partial charge is 0.273 e. The molecule has 0 spiro atoms. The molecule has 0 aromatic carbocycles. The van der Waals surface area contributed by atoms with Gasteiger partial charge >= 0.3 is 0 Å². The molecule has 0 bridgehead atoms. The van der Waals surface area contributed by atoms with Crippen molar-refractivity contribution in [3.63, 3.8) is 0 Å². The van der Waals surface area contributed by atoms with Crippen molar-refractivity contribution in [2.24, 2.45) is 0 Å². The number of carbonyl (C=O) groups excluding carboxylic acids is 1. The van der Waals surface area contributed by atoms with Crippen molar-refractivity contribution in [1.82, 2.24) is 0 Å². The highest BCUT2D eigenvalue weighted by molar-refractivity contribution is 8.18. The van der Waals surface area contributed by atoms with Crippen LogP contribution in [0.5, 0.6) is 0 Å². The van der Waals surface area contributed by atoms with Crippen molar-refractivity contribution in [3.8, 4) is 0 Å². The standard InChI is InChI=1S/C3HCl3O3S/c4-2(1-7)3(5)10(6,8)9/h1H/b3-2-. The first-order valence-electron chi connectivity index (χ1n) is 1.84. The van der Waals surface area contributed by atoms with E-state index in [9.17, 15) is 13.2 Å². The van der Waals surface area contributed by atoms with Gasteiger partial charge in [-0.2, -0.15) is 0 Å². The lowest BCUT2D eigenvalue weighted by Crippen LogP contribution is -1.90. The quantitative estimate of drug-likeness (QED) is 0.404. The van der Waals surface area contributed by atoms with E-state index in [1.54, 1.807) is 0 Å². The van der Waals surface area contributed by atoms with Crippen LogP contribution in [-0.2, 0) is 13.8 Å². The summed E-state index contributed by atoms with van der Waals surface area (Å²) >= 11 is 10.0. The van der Waals surface area contributed by atoms with Gasteiger partial charge in [-0.15, -0.1) is 0 Å². The van der Waals surface area contributed by atoms with Gasteiger partial charge in [0.1, 0.15) is 5.03 Å². The maximum absolute atomic E-state index is 10.3. The fourth-order valence-electron chi connectivity index (χ4n) is 0.163. The fourth-order valence-corrected chi connectivity index (χ4v) is 1.16. The zero-order chi connectivity index (χ0) is 8.36. The van der Waals surface area contributed by atoms with E-state index >= 15 is 0 Å². The van der Waals surface area contributed by atoms with E-state index in [0.717, 1.165) is 0 Å². The first kappa shape index (κ1) is 10.2. The maximum atomic E-state index is 10.3. The molecule has 10 heavy (non-hydrogen) atoms. The van der Waals surface area contributed by atoms with E-state index in [1.807, 2.05) is 0 Å². The first-order chi connectivity index (χ1) is 4.39. The molecular formula is C3HCl3O3S. The summed E-state index contributed by atoms with van der Waals surface area (Å²) in [5.74, 6) is 0. The van der Waals surface area contributed by atoms with Crippen LogP contribution in [0.1, 0.15) is 0 Å². The van der Waals surface area contributed by atoms with Crippen LogP contribution in [-0.4, -0.2) is 14.7 Å². The van der Waals surface area contributed by atoms with E-state index < -0.39 is 18.4 Å². The molecule has 0 aromatic heterocycles. The normalized spacial score (nSPS) is 14.3. The van der Waals surface area contributed by atoms with Crippen molar-refractivity contribution >= 4 is 49.2 Å². The molecule has 0 saturated heterocycles. The molecule has 0 aliphatic heterocycles. The minimum absolute atomic E-state index is 0.0871. The summed E-state index contributed by atoms with van der Waals surface area (Å²) in [4.78, 5) is 9.80. The molecule has 7 heteroatoms. The number of halogens is 3. The molecule has 3 nitrogen and oxygen atoms in total. The molecule has 0 fully saturated rings. The Kier molecular flexibility index (Phi) is 3.65. The molecule has 0 saturated carbocycles. The Morgan fingerprint density at radius 1 is 1.30 bits per heavy atom. The highest BCUT2D eigenvalue weighted by Gasteiger charge is 2.15. The van der Waals surface area contributed by atoms with E-state index in [2.05, 4.69) is 0 Å². The molecule has 0 atom stereocenters. The minimum Gasteiger partial charge on any atom is -0.297 e. The van der Waals surface area contributed by atoms with Crippen LogP contribution in [0.4, 0.5) is 0 Å². The molecule has 0 N–H and O–H groups in total. The van der Waals surface area contributed by atoms with Gasteiger partial charge in [0.05, 0.1) is 0 Å². The lowest BCUT2D eigenvalue weighted by Gasteiger charge is -1.89. The Morgan fingerprint density at radius 2 is 1.70 bits per heavy atom. The van der Waals surface area contributed by atoms with Crippen LogP contribution >= 0.6 is 33.9 Å². The summed E-state index contributed by atoms with van der Waals surface area (Å²) < 4.78 is 19.7. The number of carbonyl (C=O) groups is 1. The Hall–Kier alpha value is 0.230. The van der Waals surface area contributed by atoms with Gasteiger partial charge in [0, 0.05) is 10.7 Å². The number of hydrogen-bond acceptors (Lipinski definition) is 3. The molecule has 0 radical (unpaired) electrons. The first-order valence-corrected chi connectivity index (χ1v) is 4.91. The molecule has 0 aromatic rings. The van der Waals surface area contributed by atoms with E-state index in [-0.39, 0.29) is 6.29 Å². The molecule has 0 rings (SSSR count). The second-order valence-corrected chi connectivity index (χ2v) is 4.69. The summed E-state index contributed by atoms with van der Waals surface area (Å²) in [5.41, 5.74) is 0. The molecule has 0 unspecified atom stereocenters. The van der Waals surface area contributed by atoms with Gasteiger partial charge < -0.3 is 0 Å². The molecule has 58 valence electrons. The highest BCUT2D eigenvalue weighted by Crippen LogP contribution is 2.21. The van der Waals surface area contributed by atoms with Crippen LogP contribution in [0, 0.1) is 0 Å². The zero-order valence-corrected chi connectivity index (χ0v) is 7.43. The lowest BCUT2D eigenvalue weighted by atomic mass is 10.7. The van der Waals surface area contributed by atoms with Gasteiger partial charge in [0.15, 0.2) is 10.7 Å². The number of aldehydes is 1. The molecule has 0 aliphatic rings. The average Bonchev–Trinajstić information content (AvgIpc) is 1.83. The minimum atomic E-state index is -4.06. The van der Waals surface area contributed by atoms with E-state index in [1.165, 1.54) is 0 Å². The largest absolute Gasteiger partial charge is 0.297 e. The van der Waals surface area contributed by atoms with Gasteiger partial charge in [-0.3, -0.25) is 4.79 Å². The summed E-state index contributed by atoms with van der Waals surface area (Å²) in [6.07, 6.45) is 0.0871. The zero-order valence-electron chi connectivity index (χ0n) is 4.34. The van der Waals surface area contributed by atoms with Crippen molar-refractivity contribution in [3.05, 3.63) is 9.40 Å². The van der Waals surface area contributed by atoms with Crippen molar-refractivity contribution in [2.75, 3.05) is 0 Å². The maximum Gasteiger partial charge on any atom is 0.273 e. The Bertz CT molecular complexity index is 265. The van der Waals surface area contributed by atoms with Gasteiger partial charge in [-0.05, 0) is 0 Å². The van der Waals surface area contributed by atoms with Crippen molar-refractivity contribution < 1.29 is 13.2 Å². The van der Waals surface area contributed by atoms with Gasteiger partial charge in [0.25, 0.3) is 9.05 Å². The SMILES string of the molecule is O=C/C(Cl)=C(\Cl)S(=O)(=O)Cl. The Balaban J connectivity index is 5.02. The third-order valence-corrected chi connectivity index (χ3v) is 3.15. The van der Waals surface area contributed by atoms with Gasteiger partial charge in [-0.25, -0.2) is 8.42 Å². The molecule has 0 aliphatic carbocycles.